The fraction of sp³-hybridized carbons (Fsp3) is 0.231. The SMILES string of the molecule is Cc1noc(NS(=O)(=O)c2ccc(NC(=O)C(F)(F)C(F)(F)C(=O)Nc3ccc(S(=O)(=O)Nc4onc(C)c4C)cc3)cc2)c1C. The molecule has 2 aromatic heterocycles. The molecule has 0 saturated heterocycles. The largest absolute Gasteiger partial charge is 0.396 e. The summed E-state index contributed by atoms with van der Waals surface area (Å²) in [4.78, 5) is 23.6. The molecular weight excluding hydrogens is 664 g/mol. The molecule has 0 radical (unpaired) electrons. The van der Waals surface area contributed by atoms with Crippen LogP contribution in [0.4, 0.5) is 40.7 Å². The van der Waals surface area contributed by atoms with Gasteiger partial charge in [0.25, 0.3) is 20.0 Å². The molecule has 0 bridgehead atoms. The lowest BCUT2D eigenvalue weighted by atomic mass is 10.1. The van der Waals surface area contributed by atoms with Crippen LogP contribution in [-0.4, -0.2) is 50.8 Å². The first-order valence-electron chi connectivity index (χ1n) is 12.8. The van der Waals surface area contributed by atoms with Crippen molar-refractivity contribution < 1.29 is 53.0 Å². The number of hydrogen-bond donors (Lipinski definition) is 4. The third kappa shape index (κ3) is 6.66. The number of benzene rings is 2. The Bertz CT molecular complexity index is 1870. The molecule has 0 spiro atoms. The lowest BCUT2D eigenvalue weighted by Gasteiger charge is -2.24. The summed E-state index contributed by atoms with van der Waals surface area (Å²) in [6.45, 7) is 6.24. The molecule has 0 saturated carbocycles. The van der Waals surface area contributed by atoms with Crippen LogP contribution in [0.1, 0.15) is 22.5 Å². The second kappa shape index (κ2) is 12.1. The smallest absolute Gasteiger partial charge is 0.337 e. The van der Waals surface area contributed by atoms with Crippen molar-refractivity contribution in [3.8, 4) is 0 Å². The van der Waals surface area contributed by atoms with E-state index in [-0.39, 0.29) is 11.8 Å². The van der Waals surface area contributed by atoms with Crippen LogP contribution in [-0.2, 0) is 29.6 Å². The summed E-state index contributed by atoms with van der Waals surface area (Å²) in [5.41, 5.74) is 0.680. The standard InChI is InChI=1S/C26H24F4N6O8S2/c1-13-15(3)33-43-21(13)35-45(39,40)19-9-5-17(6-10-19)31-23(37)25(27,28)26(29,30)24(38)32-18-7-11-20(12-8-18)46(41,42)36-22-14(2)16(4)34-44-22/h5-12,35-36H,1-4H3,(H,31,37)(H,32,38). The van der Waals surface area contributed by atoms with Gasteiger partial charge in [-0.25, -0.2) is 26.3 Å². The van der Waals surface area contributed by atoms with Crippen molar-refractivity contribution in [3.63, 3.8) is 0 Å². The third-order valence-corrected chi connectivity index (χ3v) is 9.27. The van der Waals surface area contributed by atoms with E-state index in [1.165, 1.54) is 10.6 Å². The molecule has 4 aromatic rings. The molecule has 0 aliphatic carbocycles. The molecule has 14 nitrogen and oxygen atoms in total. The van der Waals surface area contributed by atoms with Crippen molar-refractivity contribution in [3.05, 3.63) is 71.0 Å². The van der Waals surface area contributed by atoms with E-state index in [2.05, 4.69) is 19.8 Å². The molecule has 0 unspecified atom stereocenters. The average molecular weight is 689 g/mol. The minimum atomic E-state index is -5.59. The molecule has 2 amide bonds. The minimum absolute atomic E-state index is 0.166. The number of anilines is 4. The molecule has 46 heavy (non-hydrogen) atoms. The van der Waals surface area contributed by atoms with E-state index in [1.807, 2.05) is 0 Å². The van der Waals surface area contributed by atoms with Crippen molar-refractivity contribution in [1.82, 2.24) is 10.3 Å². The van der Waals surface area contributed by atoms with E-state index in [4.69, 9.17) is 9.05 Å². The van der Waals surface area contributed by atoms with Crippen molar-refractivity contribution in [2.75, 3.05) is 20.1 Å². The Kier molecular flexibility index (Phi) is 8.90. The summed E-state index contributed by atoms with van der Waals surface area (Å²) in [7, 11) is -8.50. The van der Waals surface area contributed by atoms with Gasteiger partial charge < -0.3 is 19.7 Å². The maximum Gasteiger partial charge on any atom is 0.396 e. The molecule has 246 valence electrons. The maximum absolute atomic E-state index is 14.6. The second-order valence-corrected chi connectivity index (χ2v) is 13.1. The molecule has 4 rings (SSSR count). The Morgan fingerprint density at radius 3 is 1.17 bits per heavy atom. The number of nitrogens with one attached hydrogen (secondary N) is 4. The summed E-state index contributed by atoms with van der Waals surface area (Å²) in [5.74, 6) is -16.7. The van der Waals surface area contributed by atoms with Crippen LogP contribution in [0.5, 0.6) is 0 Å². The molecule has 2 heterocycles. The molecule has 20 heteroatoms. The molecule has 0 aliphatic rings. The second-order valence-electron chi connectivity index (χ2n) is 9.76. The monoisotopic (exact) mass is 688 g/mol. The number of halogens is 4. The van der Waals surface area contributed by atoms with E-state index in [9.17, 15) is 44.0 Å². The molecule has 0 atom stereocenters. The number of rotatable bonds is 11. The predicted molar refractivity (Wildman–Crippen MR) is 154 cm³/mol. The lowest BCUT2D eigenvalue weighted by molar-refractivity contribution is -0.204. The van der Waals surface area contributed by atoms with Crippen LogP contribution >= 0.6 is 0 Å². The Morgan fingerprint density at radius 2 is 0.913 bits per heavy atom. The van der Waals surface area contributed by atoms with E-state index >= 15 is 0 Å². The van der Waals surface area contributed by atoms with Crippen LogP contribution in [0.2, 0.25) is 0 Å². The third-order valence-electron chi connectivity index (χ3n) is 6.58. The average Bonchev–Trinajstić information content (AvgIpc) is 3.47. The topological polar surface area (TPSA) is 203 Å². The number of amides is 2. The summed E-state index contributed by atoms with van der Waals surface area (Å²) in [5, 5.41) is 10.3. The first-order valence-corrected chi connectivity index (χ1v) is 15.7. The maximum atomic E-state index is 14.6. The summed E-state index contributed by atoms with van der Waals surface area (Å²) in [6, 6.07) is 7.00. The predicted octanol–water partition coefficient (Wildman–Crippen LogP) is 4.35. The van der Waals surface area contributed by atoms with Gasteiger partial charge in [0.15, 0.2) is 0 Å². The van der Waals surface area contributed by atoms with Gasteiger partial charge in [-0.2, -0.15) is 17.6 Å². The van der Waals surface area contributed by atoms with E-state index in [1.54, 1.807) is 27.7 Å². The Labute approximate surface area is 258 Å². The number of sulfonamides is 2. The molecule has 0 aliphatic heterocycles. The summed E-state index contributed by atoms with van der Waals surface area (Å²) in [6.07, 6.45) is 0. The van der Waals surface area contributed by atoms with Gasteiger partial charge in [0.2, 0.25) is 11.8 Å². The van der Waals surface area contributed by atoms with E-state index < -0.39 is 64.9 Å². The Balaban J connectivity index is 1.41. The number of aryl methyl sites for hydroxylation is 2. The van der Waals surface area contributed by atoms with Crippen LogP contribution in [0.25, 0.3) is 0 Å². The highest BCUT2D eigenvalue weighted by Gasteiger charge is 2.67. The fourth-order valence-electron chi connectivity index (χ4n) is 3.52. The van der Waals surface area contributed by atoms with Gasteiger partial charge in [0.05, 0.1) is 21.2 Å². The number of nitrogens with zero attached hydrogens (tertiary/aromatic N) is 2. The van der Waals surface area contributed by atoms with Gasteiger partial charge in [-0.05, 0) is 76.2 Å². The fourth-order valence-corrected chi connectivity index (χ4v) is 5.62. The van der Waals surface area contributed by atoms with Crippen molar-refractivity contribution in [2.45, 2.75) is 49.3 Å². The first-order chi connectivity index (χ1) is 21.3. The molecular formula is C26H24F4N6O8S2. The van der Waals surface area contributed by atoms with Crippen molar-refractivity contribution in [2.24, 2.45) is 0 Å². The zero-order chi connectivity index (χ0) is 34.2. The van der Waals surface area contributed by atoms with E-state index in [0.29, 0.717) is 22.5 Å². The number of carbonyl (C=O) groups is 2. The van der Waals surface area contributed by atoms with Gasteiger partial charge in [0, 0.05) is 22.5 Å². The number of alkyl halides is 4. The zero-order valence-corrected chi connectivity index (χ0v) is 25.7. The van der Waals surface area contributed by atoms with Crippen LogP contribution in [0.3, 0.4) is 0 Å². The quantitative estimate of drug-likeness (QED) is 0.164. The van der Waals surface area contributed by atoms with Gasteiger partial charge in [-0.3, -0.25) is 9.59 Å². The number of hydrogen-bond acceptors (Lipinski definition) is 10. The first kappa shape index (κ1) is 33.9. The van der Waals surface area contributed by atoms with Crippen molar-refractivity contribution in [1.29, 1.82) is 0 Å². The summed E-state index contributed by atoms with van der Waals surface area (Å²) < 4.78 is 123. The highest BCUT2D eigenvalue weighted by molar-refractivity contribution is 7.93. The zero-order valence-electron chi connectivity index (χ0n) is 24.1. The number of carbonyl (C=O) groups excluding carboxylic acids is 2. The van der Waals surface area contributed by atoms with Gasteiger partial charge in [0.1, 0.15) is 0 Å². The van der Waals surface area contributed by atoms with Crippen LogP contribution in [0.15, 0.2) is 67.4 Å². The Morgan fingerprint density at radius 1 is 0.609 bits per heavy atom. The van der Waals surface area contributed by atoms with Crippen LogP contribution in [0, 0.1) is 27.7 Å². The normalized spacial score (nSPS) is 12.4. The molecule has 2 aromatic carbocycles. The lowest BCUT2D eigenvalue weighted by Crippen LogP contribution is -2.56. The highest BCUT2D eigenvalue weighted by Crippen LogP contribution is 2.37. The molecule has 4 N–H and O–H groups in total. The van der Waals surface area contributed by atoms with Crippen LogP contribution < -0.4 is 20.1 Å². The summed E-state index contributed by atoms with van der Waals surface area (Å²) >= 11 is 0. The number of aromatic nitrogens is 2. The van der Waals surface area contributed by atoms with Gasteiger partial charge in [-0.1, -0.05) is 10.3 Å². The van der Waals surface area contributed by atoms with Gasteiger partial charge >= 0.3 is 23.7 Å². The highest BCUT2D eigenvalue weighted by atomic mass is 32.2. The van der Waals surface area contributed by atoms with E-state index in [0.717, 1.165) is 48.5 Å². The molecule has 0 fully saturated rings. The van der Waals surface area contributed by atoms with Gasteiger partial charge in [-0.15, -0.1) is 0 Å². The minimum Gasteiger partial charge on any atom is -0.337 e. The van der Waals surface area contributed by atoms with Crippen molar-refractivity contribution >= 4 is 55.0 Å². The Hall–Kier alpha value is -4.98.